The van der Waals surface area contributed by atoms with Crippen LogP contribution in [-0.4, -0.2) is 0 Å². The Balaban J connectivity index is 1.09. The number of aryl methyl sites for hydroxylation is 4. The molecule has 0 spiro atoms. The summed E-state index contributed by atoms with van der Waals surface area (Å²) >= 11 is 23.9. The summed E-state index contributed by atoms with van der Waals surface area (Å²) in [6.07, 6.45) is 25.6. The van der Waals surface area contributed by atoms with Crippen molar-refractivity contribution in [3.05, 3.63) is 99.9 Å². The van der Waals surface area contributed by atoms with Crippen LogP contribution < -0.4 is 0 Å². The van der Waals surface area contributed by atoms with E-state index >= 15 is 0 Å². The van der Waals surface area contributed by atoms with Crippen molar-refractivity contribution in [3.8, 4) is 71.0 Å². The predicted octanol–water partition coefficient (Wildman–Crippen LogP) is 23.9. The van der Waals surface area contributed by atoms with Crippen LogP contribution >= 0.6 is 123 Å². The smallest absolute Gasteiger partial charge is 0.0791 e. The second-order valence-corrected chi connectivity index (χ2v) is 29.1. The highest BCUT2D eigenvalue weighted by atomic mass is 79.9. The lowest BCUT2D eigenvalue weighted by Crippen LogP contribution is -1.80. The van der Waals surface area contributed by atoms with Crippen molar-refractivity contribution in [2.75, 3.05) is 0 Å². The third kappa shape index (κ3) is 13.1. The third-order valence-electron chi connectivity index (χ3n) is 12.3. The Bertz CT molecular complexity index is 2390. The van der Waals surface area contributed by atoms with Gasteiger partial charge in [0.25, 0.3) is 0 Å². The summed E-state index contributed by atoms with van der Waals surface area (Å²) in [6.45, 7) is 9.20. The minimum absolute atomic E-state index is 1.19. The first-order chi connectivity index (χ1) is 32.3. The quantitative estimate of drug-likeness (QED) is 0.0450. The summed E-state index contributed by atoms with van der Waals surface area (Å²) < 4.78 is 2.42. The number of hydrogen-bond donors (Lipinski definition) is 0. The highest BCUT2D eigenvalue weighted by Gasteiger charge is 2.24. The average Bonchev–Trinajstić information content (AvgIpc) is 4.17. The van der Waals surface area contributed by atoms with Gasteiger partial charge in [0.05, 0.1) is 17.3 Å². The standard InChI is InChI=1S/C56H64Br2S8/c1-5-9-13-17-21-37-25-29-45(59-37)41-33-49(63-53(41)47-31-27-39(61-47)23-19-15-11-7-3)43-35-51(65-55(43)57)52-36-44(56(58)66-52)50-34-42(46-30-26-38(60-46)22-18-14-10-6-2)54(64-50)48-32-28-40(62-48)24-20-16-12-8-4/h25-36H,5-24H2,1-4H3. The maximum Gasteiger partial charge on any atom is 0.0791 e. The molecule has 0 aliphatic rings. The molecule has 0 radical (unpaired) electrons. The molecule has 0 fully saturated rings. The van der Waals surface area contributed by atoms with Gasteiger partial charge in [-0.3, -0.25) is 0 Å². The van der Waals surface area contributed by atoms with E-state index in [-0.39, 0.29) is 0 Å². The molecule has 0 amide bonds. The van der Waals surface area contributed by atoms with Crippen LogP contribution in [0.15, 0.2) is 80.4 Å². The number of rotatable bonds is 27. The summed E-state index contributed by atoms with van der Waals surface area (Å²) in [6, 6.07) is 29.1. The summed E-state index contributed by atoms with van der Waals surface area (Å²) in [4.78, 5) is 19.8. The molecule has 0 bridgehead atoms. The maximum absolute atomic E-state index is 4.10. The zero-order valence-corrected chi connectivity index (χ0v) is 48.8. The molecule has 0 atom stereocenters. The van der Waals surface area contributed by atoms with Crippen molar-refractivity contribution < 1.29 is 0 Å². The van der Waals surface area contributed by atoms with Crippen molar-refractivity contribution >= 4 is 123 Å². The minimum atomic E-state index is 1.19. The Kier molecular flexibility index (Phi) is 19.8. The molecule has 0 aliphatic carbocycles. The number of halogens is 2. The molecule has 0 N–H and O–H groups in total. The molecular weight excluding hydrogens is 1090 g/mol. The fourth-order valence-corrected chi connectivity index (χ4v) is 19.6. The Morgan fingerprint density at radius 2 is 0.591 bits per heavy atom. The van der Waals surface area contributed by atoms with Crippen LogP contribution in [0.25, 0.3) is 71.0 Å². The third-order valence-corrected chi connectivity index (χ3v) is 23.6. The molecule has 0 aromatic carbocycles. The second-order valence-electron chi connectivity index (χ2n) is 17.6. The van der Waals surface area contributed by atoms with Gasteiger partial charge in [0, 0.05) is 80.8 Å². The Labute approximate surface area is 444 Å². The molecule has 0 saturated heterocycles. The fourth-order valence-electron chi connectivity index (χ4n) is 8.58. The Morgan fingerprint density at radius 1 is 0.288 bits per heavy atom. The molecule has 0 nitrogen and oxygen atoms in total. The van der Waals surface area contributed by atoms with Crippen LogP contribution in [0, 0.1) is 0 Å². The molecule has 8 aromatic rings. The van der Waals surface area contributed by atoms with Gasteiger partial charge < -0.3 is 0 Å². The van der Waals surface area contributed by atoms with E-state index < -0.39 is 0 Å². The normalized spacial score (nSPS) is 11.8. The van der Waals surface area contributed by atoms with Crippen molar-refractivity contribution in [2.45, 2.75) is 156 Å². The van der Waals surface area contributed by atoms with Crippen molar-refractivity contribution in [3.63, 3.8) is 0 Å². The lowest BCUT2D eigenvalue weighted by atomic mass is 10.1. The van der Waals surface area contributed by atoms with E-state index in [9.17, 15) is 0 Å². The topological polar surface area (TPSA) is 0 Å². The summed E-state index contributed by atoms with van der Waals surface area (Å²) in [7, 11) is 0. The molecule has 0 aliphatic heterocycles. The molecule has 350 valence electrons. The molecule has 8 aromatic heterocycles. The minimum Gasteiger partial charge on any atom is -0.140 e. The zero-order chi connectivity index (χ0) is 45.8. The van der Waals surface area contributed by atoms with Gasteiger partial charge in [0.15, 0.2) is 0 Å². The number of thiophene rings is 8. The van der Waals surface area contributed by atoms with E-state index in [2.05, 4.69) is 132 Å². The highest BCUT2D eigenvalue weighted by molar-refractivity contribution is 9.11. The molecule has 8 heterocycles. The van der Waals surface area contributed by atoms with Crippen molar-refractivity contribution in [2.24, 2.45) is 0 Å². The fraction of sp³-hybridized carbons (Fsp3) is 0.429. The lowest BCUT2D eigenvalue weighted by molar-refractivity contribution is 0.670. The summed E-state index contributed by atoms with van der Waals surface area (Å²) in [5.41, 5.74) is 5.40. The van der Waals surface area contributed by atoms with E-state index in [1.165, 1.54) is 227 Å². The summed E-state index contributed by atoms with van der Waals surface area (Å²) in [5.74, 6) is 0. The van der Waals surface area contributed by atoms with Crippen LogP contribution in [-0.2, 0) is 25.7 Å². The van der Waals surface area contributed by atoms with E-state index in [0.717, 1.165) is 0 Å². The average molecular weight is 1150 g/mol. The highest BCUT2D eigenvalue weighted by Crippen LogP contribution is 2.54. The molecule has 0 unspecified atom stereocenters. The van der Waals surface area contributed by atoms with Gasteiger partial charge in [-0.15, -0.1) is 90.7 Å². The molecule has 10 heteroatoms. The summed E-state index contributed by atoms with van der Waals surface area (Å²) in [5, 5.41) is 0. The van der Waals surface area contributed by atoms with E-state index in [4.69, 9.17) is 0 Å². The van der Waals surface area contributed by atoms with E-state index in [1.54, 1.807) is 0 Å². The van der Waals surface area contributed by atoms with Crippen LogP contribution in [0.3, 0.4) is 0 Å². The Hall–Kier alpha value is -1.44. The molecular formula is C56H64Br2S8. The molecule has 66 heavy (non-hydrogen) atoms. The maximum atomic E-state index is 4.10. The second kappa shape index (κ2) is 25.6. The van der Waals surface area contributed by atoms with Crippen LogP contribution in [0.1, 0.15) is 150 Å². The van der Waals surface area contributed by atoms with Gasteiger partial charge in [0.1, 0.15) is 0 Å². The van der Waals surface area contributed by atoms with Crippen LogP contribution in [0.2, 0.25) is 0 Å². The predicted molar refractivity (Wildman–Crippen MR) is 314 cm³/mol. The van der Waals surface area contributed by atoms with Gasteiger partial charge >= 0.3 is 0 Å². The van der Waals surface area contributed by atoms with Gasteiger partial charge in [-0.05, 0) is 156 Å². The zero-order valence-electron chi connectivity index (χ0n) is 39.1. The molecule has 0 saturated carbocycles. The van der Waals surface area contributed by atoms with Crippen LogP contribution in [0.5, 0.6) is 0 Å². The van der Waals surface area contributed by atoms with Crippen molar-refractivity contribution in [1.82, 2.24) is 0 Å². The van der Waals surface area contributed by atoms with Crippen LogP contribution in [0.4, 0.5) is 0 Å². The largest absolute Gasteiger partial charge is 0.140 e. The number of unbranched alkanes of at least 4 members (excludes halogenated alkanes) is 12. The van der Waals surface area contributed by atoms with Gasteiger partial charge in [-0.2, -0.15) is 0 Å². The number of hydrogen-bond acceptors (Lipinski definition) is 8. The van der Waals surface area contributed by atoms with Gasteiger partial charge in [0.2, 0.25) is 0 Å². The monoisotopic (exact) mass is 1150 g/mol. The van der Waals surface area contributed by atoms with Crippen molar-refractivity contribution in [1.29, 1.82) is 0 Å². The first-order valence-corrected chi connectivity index (χ1v) is 32.7. The first-order valence-electron chi connectivity index (χ1n) is 24.6. The van der Waals surface area contributed by atoms with Gasteiger partial charge in [-0.25, -0.2) is 0 Å². The SMILES string of the molecule is CCCCCCc1ccc(-c2cc(-c3cc(-c4cc(-c5cc(-c6ccc(CCCCCC)s6)c(-c6ccc(CCCCCC)s6)s5)c(Br)s4)sc3Br)sc2-c2ccc(CCCCCC)s2)s1. The first kappa shape index (κ1) is 50.9. The van der Waals surface area contributed by atoms with Gasteiger partial charge in [-0.1, -0.05) is 105 Å². The Morgan fingerprint density at radius 3 is 0.924 bits per heavy atom. The van der Waals surface area contributed by atoms with E-state index in [1.807, 2.05) is 90.7 Å². The van der Waals surface area contributed by atoms with E-state index in [0.29, 0.717) is 0 Å². The lowest BCUT2D eigenvalue weighted by Gasteiger charge is -2.00. The molecule has 8 rings (SSSR count).